The number of benzene rings is 1. The van der Waals surface area contributed by atoms with Gasteiger partial charge in [0.2, 0.25) is 5.91 Å². The maximum Gasteiger partial charge on any atom is 0.220 e. The molecule has 3 heteroatoms. The van der Waals surface area contributed by atoms with Gasteiger partial charge in [-0.15, -0.1) is 0 Å². The van der Waals surface area contributed by atoms with Crippen molar-refractivity contribution in [2.45, 2.75) is 31.8 Å². The number of hydrogen-bond acceptors (Lipinski definition) is 2. The molecule has 1 unspecified atom stereocenters. The molecule has 1 amide bonds. The van der Waals surface area contributed by atoms with E-state index in [1.165, 1.54) is 5.56 Å². The number of rotatable bonds is 5. The van der Waals surface area contributed by atoms with Crippen molar-refractivity contribution in [3.8, 4) is 0 Å². The van der Waals surface area contributed by atoms with E-state index in [0.29, 0.717) is 12.5 Å². The number of hydrogen-bond donors (Lipinski definition) is 2. The fraction of sp³-hybridized carbons (Fsp3) is 0.462. The second-order valence-electron chi connectivity index (χ2n) is 4.25. The highest BCUT2D eigenvalue weighted by Crippen LogP contribution is 2.09. The van der Waals surface area contributed by atoms with E-state index in [1.807, 2.05) is 18.2 Å². The van der Waals surface area contributed by atoms with E-state index in [1.54, 1.807) is 0 Å². The third-order valence-electron chi connectivity index (χ3n) is 2.93. The van der Waals surface area contributed by atoms with Gasteiger partial charge in [0.05, 0.1) is 0 Å². The van der Waals surface area contributed by atoms with Crippen molar-refractivity contribution in [1.29, 1.82) is 0 Å². The van der Waals surface area contributed by atoms with Crippen molar-refractivity contribution in [3.05, 3.63) is 35.9 Å². The van der Waals surface area contributed by atoms with Crippen LogP contribution in [0.15, 0.2) is 30.3 Å². The van der Waals surface area contributed by atoms with E-state index in [-0.39, 0.29) is 5.91 Å². The van der Waals surface area contributed by atoms with Gasteiger partial charge in [-0.3, -0.25) is 4.79 Å². The Hall–Kier alpha value is -1.35. The van der Waals surface area contributed by atoms with Crippen molar-refractivity contribution < 1.29 is 4.79 Å². The van der Waals surface area contributed by atoms with Crippen LogP contribution in [0.2, 0.25) is 0 Å². The van der Waals surface area contributed by atoms with Gasteiger partial charge >= 0.3 is 0 Å². The Bertz CT molecular complexity index is 337. The first-order valence-electron chi connectivity index (χ1n) is 5.88. The highest BCUT2D eigenvalue weighted by atomic mass is 16.1. The fourth-order valence-electron chi connectivity index (χ4n) is 2.00. The summed E-state index contributed by atoms with van der Waals surface area (Å²) in [6, 6.07) is 10.7. The summed E-state index contributed by atoms with van der Waals surface area (Å²) < 4.78 is 0. The number of carbonyl (C=O) groups is 1. The van der Waals surface area contributed by atoms with Gasteiger partial charge in [-0.2, -0.15) is 0 Å². The van der Waals surface area contributed by atoms with Crippen LogP contribution in [0.1, 0.15) is 24.8 Å². The first kappa shape index (κ1) is 11.1. The molecule has 1 aromatic carbocycles. The van der Waals surface area contributed by atoms with Crippen LogP contribution in [0.4, 0.5) is 0 Å². The molecule has 0 radical (unpaired) electrons. The van der Waals surface area contributed by atoms with E-state index in [9.17, 15) is 4.79 Å². The summed E-state index contributed by atoms with van der Waals surface area (Å²) in [5.41, 5.74) is 1.30. The summed E-state index contributed by atoms with van der Waals surface area (Å²) in [5, 5.41) is 6.37. The number of amides is 1. The van der Waals surface area contributed by atoms with E-state index in [0.717, 1.165) is 25.9 Å². The molecule has 1 atom stereocenters. The van der Waals surface area contributed by atoms with Gasteiger partial charge in [-0.1, -0.05) is 30.3 Å². The maximum absolute atomic E-state index is 11.0. The highest BCUT2D eigenvalue weighted by molar-refractivity contribution is 5.78. The SMILES string of the molecule is O=C1CCC(CCNCc2ccccc2)N1. The molecule has 2 rings (SSSR count). The van der Waals surface area contributed by atoms with Crippen LogP contribution in [0.25, 0.3) is 0 Å². The molecule has 1 heterocycles. The van der Waals surface area contributed by atoms with Gasteiger partial charge in [0, 0.05) is 19.0 Å². The lowest BCUT2D eigenvalue weighted by atomic mass is 10.1. The quantitative estimate of drug-likeness (QED) is 0.734. The van der Waals surface area contributed by atoms with Crippen LogP contribution < -0.4 is 10.6 Å². The Balaban J connectivity index is 1.60. The van der Waals surface area contributed by atoms with Crippen LogP contribution in [-0.2, 0) is 11.3 Å². The third-order valence-corrected chi connectivity index (χ3v) is 2.93. The molecule has 1 fully saturated rings. The number of nitrogens with one attached hydrogen (secondary N) is 2. The zero-order valence-corrected chi connectivity index (χ0v) is 9.41. The lowest BCUT2D eigenvalue weighted by Crippen LogP contribution is -2.29. The van der Waals surface area contributed by atoms with E-state index in [4.69, 9.17) is 0 Å². The van der Waals surface area contributed by atoms with Gasteiger partial charge < -0.3 is 10.6 Å². The maximum atomic E-state index is 11.0. The Morgan fingerprint density at radius 1 is 1.31 bits per heavy atom. The zero-order valence-electron chi connectivity index (χ0n) is 9.41. The van der Waals surface area contributed by atoms with Crippen molar-refractivity contribution in [1.82, 2.24) is 10.6 Å². The summed E-state index contributed by atoms with van der Waals surface area (Å²) in [6.07, 6.45) is 2.72. The van der Waals surface area contributed by atoms with Crippen molar-refractivity contribution >= 4 is 5.91 Å². The summed E-state index contributed by atoms with van der Waals surface area (Å²) >= 11 is 0. The molecule has 1 aliphatic heterocycles. The lowest BCUT2D eigenvalue weighted by Gasteiger charge is -2.10. The van der Waals surface area contributed by atoms with E-state index in [2.05, 4.69) is 22.8 Å². The van der Waals surface area contributed by atoms with Gasteiger partial charge in [0.25, 0.3) is 0 Å². The van der Waals surface area contributed by atoms with Crippen LogP contribution in [0, 0.1) is 0 Å². The Morgan fingerprint density at radius 3 is 2.81 bits per heavy atom. The highest BCUT2D eigenvalue weighted by Gasteiger charge is 2.19. The molecule has 1 saturated heterocycles. The second-order valence-corrected chi connectivity index (χ2v) is 4.25. The minimum absolute atomic E-state index is 0.202. The predicted octanol–water partition coefficient (Wildman–Crippen LogP) is 1.44. The minimum atomic E-state index is 0.202. The molecule has 16 heavy (non-hydrogen) atoms. The molecular formula is C13H18N2O. The minimum Gasteiger partial charge on any atom is -0.353 e. The van der Waals surface area contributed by atoms with Crippen LogP contribution in [0.3, 0.4) is 0 Å². The number of carbonyl (C=O) groups excluding carboxylic acids is 1. The summed E-state index contributed by atoms with van der Waals surface area (Å²) in [6.45, 7) is 1.86. The average Bonchev–Trinajstić information content (AvgIpc) is 2.72. The van der Waals surface area contributed by atoms with Crippen molar-refractivity contribution in [2.75, 3.05) is 6.54 Å². The standard InChI is InChI=1S/C13H18N2O/c16-13-7-6-12(15-13)8-9-14-10-11-4-2-1-3-5-11/h1-5,12,14H,6-10H2,(H,15,16). The van der Waals surface area contributed by atoms with Crippen molar-refractivity contribution in [2.24, 2.45) is 0 Å². The molecule has 0 aliphatic carbocycles. The summed E-state index contributed by atoms with van der Waals surface area (Å²) in [5.74, 6) is 0.202. The largest absolute Gasteiger partial charge is 0.353 e. The summed E-state index contributed by atoms with van der Waals surface area (Å²) in [7, 11) is 0. The van der Waals surface area contributed by atoms with E-state index < -0.39 is 0 Å². The Morgan fingerprint density at radius 2 is 2.12 bits per heavy atom. The zero-order chi connectivity index (χ0) is 11.2. The van der Waals surface area contributed by atoms with Crippen LogP contribution in [0.5, 0.6) is 0 Å². The predicted molar refractivity (Wildman–Crippen MR) is 63.9 cm³/mol. The van der Waals surface area contributed by atoms with E-state index >= 15 is 0 Å². The van der Waals surface area contributed by atoms with Crippen molar-refractivity contribution in [3.63, 3.8) is 0 Å². The fourth-order valence-corrected chi connectivity index (χ4v) is 2.00. The molecule has 0 bridgehead atoms. The Labute approximate surface area is 96.2 Å². The molecule has 86 valence electrons. The molecule has 3 nitrogen and oxygen atoms in total. The topological polar surface area (TPSA) is 41.1 Å². The van der Waals surface area contributed by atoms with Crippen LogP contribution in [-0.4, -0.2) is 18.5 Å². The normalized spacial score (nSPS) is 19.8. The molecule has 0 aromatic heterocycles. The third kappa shape index (κ3) is 3.35. The molecule has 1 aliphatic rings. The van der Waals surface area contributed by atoms with Gasteiger partial charge in [0.15, 0.2) is 0 Å². The van der Waals surface area contributed by atoms with Crippen LogP contribution >= 0.6 is 0 Å². The van der Waals surface area contributed by atoms with Gasteiger partial charge in [-0.25, -0.2) is 0 Å². The monoisotopic (exact) mass is 218 g/mol. The Kier molecular flexibility index (Phi) is 3.94. The average molecular weight is 218 g/mol. The lowest BCUT2D eigenvalue weighted by molar-refractivity contribution is -0.119. The summed E-state index contributed by atoms with van der Waals surface area (Å²) in [4.78, 5) is 11.0. The smallest absolute Gasteiger partial charge is 0.220 e. The first-order valence-corrected chi connectivity index (χ1v) is 5.88. The second kappa shape index (κ2) is 5.66. The molecule has 1 aromatic rings. The van der Waals surface area contributed by atoms with Gasteiger partial charge in [0.1, 0.15) is 0 Å². The van der Waals surface area contributed by atoms with Gasteiger partial charge in [-0.05, 0) is 24.9 Å². The first-order chi connectivity index (χ1) is 7.84. The molecule has 0 saturated carbocycles. The molecule has 2 N–H and O–H groups in total. The molecular weight excluding hydrogens is 200 g/mol. The molecule has 0 spiro atoms.